The van der Waals surface area contributed by atoms with Crippen molar-refractivity contribution in [3.05, 3.63) is 65.2 Å². The molecule has 3 N–H and O–H groups in total. The van der Waals surface area contributed by atoms with E-state index in [1.165, 1.54) is 7.11 Å². The van der Waals surface area contributed by atoms with E-state index in [0.29, 0.717) is 24.2 Å². The lowest BCUT2D eigenvalue weighted by atomic mass is 10.1. The first-order chi connectivity index (χ1) is 12.6. The van der Waals surface area contributed by atoms with Gasteiger partial charge in [-0.1, -0.05) is 42.2 Å². The Morgan fingerprint density at radius 2 is 1.92 bits per heavy atom. The minimum atomic E-state index is -0.506. The molecule has 0 unspecified atom stereocenters. The summed E-state index contributed by atoms with van der Waals surface area (Å²) in [7, 11) is 1.29. The van der Waals surface area contributed by atoms with E-state index < -0.39 is 12.1 Å². The first-order valence-electron chi connectivity index (χ1n) is 8.01. The Balaban J connectivity index is 1.76. The minimum absolute atomic E-state index is 0.222. The number of carbonyl (C=O) groups is 2. The third-order valence-electron chi connectivity index (χ3n) is 3.42. The largest absolute Gasteiger partial charge is 0.465 e. The molecule has 0 aromatic heterocycles. The SMILES string of the molecule is COC(=O)c1cc(C#CCCNC(=O)OCc2ccccc2)ccc1N. The normalized spacial score (nSPS) is 9.58. The van der Waals surface area contributed by atoms with Crippen LogP contribution in [0.2, 0.25) is 0 Å². The third-order valence-corrected chi connectivity index (χ3v) is 3.42. The van der Waals surface area contributed by atoms with Gasteiger partial charge in [0, 0.05) is 24.2 Å². The molecule has 134 valence electrons. The summed E-state index contributed by atoms with van der Waals surface area (Å²) >= 11 is 0. The Labute approximate surface area is 152 Å². The van der Waals surface area contributed by atoms with Crippen LogP contribution in [0, 0.1) is 11.8 Å². The van der Waals surface area contributed by atoms with Gasteiger partial charge >= 0.3 is 12.1 Å². The zero-order valence-corrected chi connectivity index (χ0v) is 14.5. The van der Waals surface area contributed by atoms with E-state index in [9.17, 15) is 9.59 Å². The molecular formula is C20H20N2O4. The lowest BCUT2D eigenvalue weighted by Gasteiger charge is -2.05. The highest BCUT2D eigenvalue weighted by Gasteiger charge is 2.09. The van der Waals surface area contributed by atoms with Crippen LogP contribution in [0.4, 0.5) is 10.5 Å². The van der Waals surface area contributed by atoms with Crippen LogP contribution in [0.25, 0.3) is 0 Å². The quantitative estimate of drug-likeness (QED) is 0.374. The average molecular weight is 352 g/mol. The number of nitrogen functional groups attached to an aromatic ring is 1. The smallest absolute Gasteiger partial charge is 0.407 e. The fourth-order valence-electron chi connectivity index (χ4n) is 2.09. The maximum Gasteiger partial charge on any atom is 0.407 e. The monoisotopic (exact) mass is 352 g/mol. The molecule has 2 rings (SSSR count). The average Bonchev–Trinajstić information content (AvgIpc) is 2.67. The van der Waals surface area contributed by atoms with Gasteiger partial charge in [0.1, 0.15) is 6.61 Å². The molecule has 1 amide bonds. The van der Waals surface area contributed by atoms with Crippen molar-refractivity contribution in [2.24, 2.45) is 0 Å². The van der Waals surface area contributed by atoms with Crippen LogP contribution in [-0.4, -0.2) is 25.7 Å². The van der Waals surface area contributed by atoms with E-state index in [0.717, 1.165) is 5.56 Å². The van der Waals surface area contributed by atoms with E-state index in [2.05, 4.69) is 21.9 Å². The molecule has 0 bridgehead atoms. The predicted octanol–water partition coefficient (Wildman–Crippen LogP) is 2.72. The molecule has 0 aliphatic rings. The first-order valence-corrected chi connectivity index (χ1v) is 8.01. The van der Waals surface area contributed by atoms with Gasteiger partial charge < -0.3 is 20.5 Å². The molecule has 0 heterocycles. The highest BCUT2D eigenvalue weighted by molar-refractivity contribution is 5.95. The number of ether oxygens (including phenoxy) is 2. The summed E-state index contributed by atoms with van der Waals surface area (Å²) in [4.78, 5) is 23.2. The summed E-state index contributed by atoms with van der Waals surface area (Å²) < 4.78 is 9.76. The molecule has 0 atom stereocenters. The summed E-state index contributed by atoms with van der Waals surface area (Å²) in [6.45, 7) is 0.583. The molecule has 0 aliphatic heterocycles. The Hall–Kier alpha value is -3.46. The molecule has 6 heteroatoms. The van der Waals surface area contributed by atoms with Gasteiger partial charge in [-0.05, 0) is 23.8 Å². The van der Waals surface area contributed by atoms with Gasteiger partial charge in [0.15, 0.2) is 0 Å². The zero-order chi connectivity index (χ0) is 18.8. The molecule has 0 saturated heterocycles. The van der Waals surface area contributed by atoms with Crippen LogP contribution in [0.1, 0.15) is 27.9 Å². The number of hydrogen-bond donors (Lipinski definition) is 2. The number of esters is 1. The maximum absolute atomic E-state index is 11.6. The van der Waals surface area contributed by atoms with E-state index in [4.69, 9.17) is 10.5 Å². The van der Waals surface area contributed by atoms with Gasteiger partial charge in [0.05, 0.1) is 12.7 Å². The van der Waals surface area contributed by atoms with E-state index in [1.807, 2.05) is 30.3 Å². The minimum Gasteiger partial charge on any atom is -0.465 e. The summed E-state index contributed by atoms with van der Waals surface area (Å²) in [6, 6.07) is 14.3. The van der Waals surface area contributed by atoms with E-state index >= 15 is 0 Å². The maximum atomic E-state index is 11.6. The molecule has 2 aromatic rings. The van der Waals surface area contributed by atoms with Crippen molar-refractivity contribution in [2.75, 3.05) is 19.4 Å². The highest BCUT2D eigenvalue weighted by atomic mass is 16.5. The topological polar surface area (TPSA) is 90.6 Å². The lowest BCUT2D eigenvalue weighted by molar-refractivity contribution is 0.0602. The summed E-state index contributed by atoms with van der Waals surface area (Å²) in [5.74, 6) is 5.33. The number of alkyl carbamates (subject to hydrolysis) is 1. The second-order valence-corrected chi connectivity index (χ2v) is 5.33. The van der Waals surface area contributed by atoms with Gasteiger partial charge in [0.2, 0.25) is 0 Å². The highest BCUT2D eigenvalue weighted by Crippen LogP contribution is 2.14. The number of nitrogens with two attached hydrogens (primary N) is 1. The van der Waals surface area contributed by atoms with Crippen molar-refractivity contribution < 1.29 is 19.1 Å². The summed E-state index contributed by atoms with van der Waals surface area (Å²) in [5.41, 5.74) is 7.92. The van der Waals surface area contributed by atoms with Crippen LogP contribution >= 0.6 is 0 Å². The Morgan fingerprint density at radius 1 is 1.15 bits per heavy atom. The van der Waals surface area contributed by atoms with Crippen LogP contribution < -0.4 is 11.1 Å². The molecule has 0 fully saturated rings. The Kier molecular flexibility index (Phi) is 7.07. The Bertz CT molecular complexity index is 823. The number of nitrogens with one attached hydrogen (secondary N) is 1. The lowest BCUT2D eigenvalue weighted by Crippen LogP contribution is -2.24. The van der Waals surface area contributed by atoms with Gasteiger partial charge in [-0.25, -0.2) is 9.59 Å². The number of hydrogen-bond acceptors (Lipinski definition) is 5. The van der Waals surface area contributed by atoms with Gasteiger partial charge in [-0.2, -0.15) is 0 Å². The molecule has 0 spiro atoms. The summed E-state index contributed by atoms with van der Waals surface area (Å²) in [5, 5.41) is 2.63. The Morgan fingerprint density at radius 3 is 2.65 bits per heavy atom. The number of amides is 1. The predicted molar refractivity (Wildman–Crippen MR) is 98.3 cm³/mol. The number of benzene rings is 2. The van der Waals surface area contributed by atoms with Crippen molar-refractivity contribution in [1.82, 2.24) is 5.32 Å². The van der Waals surface area contributed by atoms with Crippen LogP contribution in [0.5, 0.6) is 0 Å². The number of carbonyl (C=O) groups excluding carboxylic acids is 2. The van der Waals surface area contributed by atoms with Crippen molar-refractivity contribution in [3.8, 4) is 11.8 Å². The summed E-state index contributed by atoms with van der Waals surface area (Å²) in [6.07, 6.45) is -0.0469. The molecule has 26 heavy (non-hydrogen) atoms. The first kappa shape index (κ1) is 18.9. The van der Waals surface area contributed by atoms with Crippen LogP contribution in [0.3, 0.4) is 0 Å². The molecule has 0 aliphatic carbocycles. The standard InChI is InChI=1S/C20H20N2O4/c1-25-19(23)17-13-15(10-11-18(17)21)7-5-6-12-22-20(24)26-14-16-8-3-2-4-9-16/h2-4,8-11,13H,6,12,14,21H2,1H3,(H,22,24). The van der Waals surface area contributed by atoms with Gasteiger partial charge in [-0.3, -0.25) is 0 Å². The van der Waals surface area contributed by atoms with Crippen LogP contribution in [-0.2, 0) is 16.1 Å². The van der Waals surface area contributed by atoms with Crippen molar-refractivity contribution in [3.63, 3.8) is 0 Å². The third kappa shape index (κ3) is 5.87. The molecule has 2 aromatic carbocycles. The number of methoxy groups -OCH3 is 1. The molecule has 0 saturated carbocycles. The fraction of sp³-hybridized carbons (Fsp3) is 0.200. The second kappa shape index (κ2) is 9.74. The fourth-order valence-corrected chi connectivity index (χ4v) is 2.09. The van der Waals surface area contributed by atoms with E-state index in [-0.39, 0.29) is 12.2 Å². The van der Waals surface area contributed by atoms with Crippen molar-refractivity contribution >= 4 is 17.7 Å². The number of anilines is 1. The molecule has 6 nitrogen and oxygen atoms in total. The van der Waals surface area contributed by atoms with Gasteiger partial charge in [0.25, 0.3) is 0 Å². The number of rotatable bonds is 5. The zero-order valence-electron chi connectivity index (χ0n) is 14.5. The van der Waals surface area contributed by atoms with Gasteiger partial charge in [-0.15, -0.1) is 0 Å². The molecule has 0 radical (unpaired) electrons. The molecular weight excluding hydrogens is 332 g/mol. The van der Waals surface area contributed by atoms with Crippen molar-refractivity contribution in [1.29, 1.82) is 0 Å². The second-order valence-electron chi connectivity index (χ2n) is 5.33. The van der Waals surface area contributed by atoms with E-state index in [1.54, 1.807) is 18.2 Å². The van der Waals surface area contributed by atoms with Crippen molar-refractivity contribution in [2.45, 2.75) is 13.0 Å². The van der Waals surface area contributed by atoms with Crippen LogP contribution in [0.15, 0.2) is 48.5 Å².